The van der Waals surface area contributed by atoms with E-state index in [2.05, 4.69) is 6.92 Å². The molecule has 0 N–H and O–H groups in total. The van der Waals surface area contributed by atoms with Crippen LogP contribution in [-0.4, -0.2) is 45.7 Å². The van der Waals surface area contributed by atoms with Gasteiger partial charge in [-0.25, -0.2) is 0 Å². The number of hydrogen-bond acceptors (Lipinski definition) is 4. The Balaban J connectivity index is 1.83. The maximum atomic E-state index is 14.2. The molecule has 0 aliphatic heterocycles. The zero-order chi connectivity index (χ0) is 18.7. The van der Waals surface area contributed by atoms with Gasteiger partial charge in [0.15, 0.2) is 0 Å². The molecule has 5 heteroatoms. The number of halogens is 1. The van der Waals surface area contributed by atoms with Gasteiger partial charge >= 0.3 is 0 Å². The summed E-state index contributed by atoms with van der Waals surface area (Å²) >= 11 is 0. The number of carbonyl (C=O) groups is 1. The fourth-order valence-corrected chi connectivity index (χ4v) is 7.35. The van der Waals surface area contributed by atoms with Crippen LogP contribution in [0.5, 0.6) is 0 Å². The molecule has 0 radical (unpaired) electrons. The van der Waals surface area contributed by atoms with Gasteiger partial charge in [-0.05, 0) is 55.8 Å². The van der Waals surface area contributed by atoms with E-state index in [1.165, 1.54) is 0 Å². The van der Waals surface area contributed by atoms with Crippen LogP contribution in [0.1, 0.15) is 52.4 Å². The predicted molar refractivity (Wildman–Crippen MR) is 95.3 cm³/mol. The fourth-order valence-electron chi connectivity index (χ4n) is 7.35. The Morgan fingerprint density at radius 1 is 1.19 bits per heavy atom. The fraction of sp³-hybridized carbons (Fsp3) is 0.952. The lowest BCUT2D eigenvalue weighted by Gasteiger charge is -2.55. The van der Waals surface area contributed by atoms with Gasteiger partial charge in [0.05, 0.1) is 17.6 Å². The number of ketones is 1. The Bertz CT molecular complexity index is 582. The van der Waals surface area contributed by atoms with Crippen molar-refractivity contribution in [2.24, 2.45) is 34.0 Å². The molecule has 0 saturated heterocycles. The molecule has 4 rings (SSSR count). The van der Waals surface area contributed by atoms with Crippen molar-refractivity contribution in [2.75, 3.05) is 27.7 Å². The van der Waals surface area contributed by atoms with Crippen molar-refractivity contribution < 1.29 is 23.4 Å². The molecule has 0 aromatic heterocycles. The lowest BCUT2D eigenvalue weighted by Crippen LogP contribution is -2.57. The molecule has 4 fully saturated rings. The smallest absolute Gasteiger partial charge is 0.146 e. The van der Waals surface area contributed by atoms with Gasteiger partial charge in [0.25, 0.3) is 0 Å². The van der Waals surface area contributed by atoms with Crippen molar-refractivity contribution >= 4 is 5.78 Å². The molecular formula is C21H33FO4. The Morgan fingerprint density at radius 2 is 1.92 bits per heavy atom. The van der Waals surface area contributed by atoms with Crippen LogP contribution in [0.4, 0.5) is 4.39 Å². The van der Waals surface area contributed by atoms with Gasteiger partial charge in [0.2, 0.25) is 0 Å². The zero-order valence-corrected chi connectivity index (χ0v) is 16.6. The maximum absolute atomic E-state index is 14.2. The van der Waals surface area contributed by atoms with E-state index in [9.17, 15) is 9.18 Å². The molecule has 26 heavy (non-hydrogen) atoms. The molecular weight excluding hydrogens is 335 g/mol. The summed E-state index contributed by atoms with van der Waals surface area (Å²) in [6, 6.07) is 0. The van der Waals surface area contributed by atoms with Crippen LogP contribution in [0.2, 0.25) is 0 Å². The highest BCUT2D eigenvalue weighted by molar-refractivity contribution is 5.87. The van der Waals surface area contributed by atoms with E-state index < -0.39 is 12.1 Å². The number of hydrogen-bond donors (Lipinski definition) is 0. The van der Waals surface area contributed by atoms with Gasteiger partial charge in [0.1, 0.15) is 19.3 Å². The molecule has 0 aromatic carbocycles. The minimum absolute atomic E-state index is 0.0271. The van der Waals surface area contributed by atoms with Gasteiger partial charge < -0.3 is 14.2 Å². The molecule has 4 aliphatic rings. The van der Waals surface area contributed by atoms with Gasteiger partial charge in [0, 0.05) is 25.6 Å². The number of methoxy groups -OCH3 is 2. The van der Waals surface area contributed by atoms with Crippen LogP contribution in [0.25, 0.3) is 0 Å². The second kappa shape index (κ2) is 6.25. The third-order valence-electron chi connectivity index (χ3n) is 8.69. The molecule has 0 heterocycles. The Labute approximate surface area is 156 Å². The number of alkyl halides is 1. The average Bonchev–Trinajstić information content (AvgIpc) is 3.28. The largest absolute Gasteiger partial charge is 0.381 e. The highest BCUT2D eigenvalue weighted by Crippen LogP contribution is 2.78. The number of ether oxygens (including phenoxy) is 3. The number of carbonyl (C=O) groups excluding carboxylic acids is 1. The summed E-state index contributed by atoms with van der Waals surface area (Å²) in [7, 11) is 3.42. The van der Waals surface area contributed by atoms with Crippen molar-refractivity contribution in [2.45, 2.75) is 64.6 Å². The van der Waals surface area contributed by atoms with E-state index in [4.69, 9.17) is 14.2 Å². The molecule has 0 amide bonds. The molecule has 2 bridgehead atoms. The summed E-state index contributed by atoms with van der Waals surface area (Å²) in [5, 5.41) is 0. The second-order valence-electron chi connectivity index (χ2n) is 9.62. The molecule has 148 valence electrons. The van der Waals surface area contributed by atoms with Crippen LogP contribution in [0.15, 0.2) is 0 Å². The van der Waals surface area contributed by atoms with Crippen molar-refractivity contribution in [3.05, 3.63) is 0 Å². The van der Waals surface area contributed by atoms with Gasteiger partial charge in [-0.1, -0.05) is 13.8 Å². The topological polar surface area (TPSA) is 44.8 Å². The Morgan fingerprint density at radius 3 is 2.58 bits per heavy atom. The van der Waals surface area contributed by atoms with Crippen molar-refractivity contribution in [3.63, 3.8) is 0 Å². The Kier molecular flexibility index (Phi) is 4.52. The van der Waals surface area contributed by atoms with Crippen LogP contribution >= 0.6 is 0 Å². The lowest BCUT2D eigenvalue weighted by atomic mass is 9.50. The van der Waals surface area contributed by atoms with Crippen LogP contribution in [0, 0.1) is 34.0 Å². The number of rotatable bonds is 5. The summed E-state index contributed by atoms with van der Waals surface area (Å²) in [6.45, 7) is 3.45. The Hall–Kier alpha value is -0.520. The monoisotopic (exact) mass is 368 g/mol. The third-order valence-corrected chi connectivity index (χ3v) is 8.69. The highest BCUT2D eigenvalue weighted by Gasteiger charge is 2.76. The van der Waals surface area contributed by atoms with E-state index in [0.717, 1.165) is 32.1 Å². The first-order valence-corrected chi connectivity index (χ1v) is 10.1. The lowest BCUT2D eigenvalue weighted by molar-refractivity contribution is -0.183. The summed E-state index contributed by atoms with van der Waals surface area (Å²) in [5.74, 6) is 0.920. The predicted octanol–water partition coefficient (Wildman–Crippen LogP) is 3.77. The maximum Gasteiger partial charge on any atom is 0.146 e. The average molecular weight is 368 g/mol. The first-order valence-electron chi connectivity index (χ1n) is 10.1. The van der Waals surface area contributed by atoms with Crippen molar-refractivity contribution in [1.29, 1.82) is 0 Å². The number of Topliss-reactive ketones (excluding diaryl/α,β-unsaturated/α-hetero) is 1. The van der Waals surface area contributed by atoms with Crippen LogP contribution in [0.3, 0.4) is 0 Å². The minimum Gasteiger partial charge on any atom is -0.381 e. The SMILES string of the molecule is COCO[C@@H]1C[C@@](C)(CF)C(=O)[C@H](C)C23CC[C@H]4C[C@]41C2[C@H](OC)CC3. The van der Waals surface area contributed by atoms with Crippen molar-refractivity contribution in [3.8, 4) is 0 Å². The third kappa shape index (κ3) is 2.26. The summed E-state index contributed by atoms with van der Waals surface area (Å²) in [4.78, 5) is 13.5. The van der Waals surface area contributed by atoms with E-state index in [0.29, 0.717) is 18.3 Å². The van der Waals surface area contributed by atoms with Crippen molar-refractivity contribution in [1.82, 2.24) is 0 Å². The van der Waals surface area contributed by atoms with Crippen LogP contribution < -0.4 is 0 Å². The van der Waals surface area contributed by atoms with E-state index in [1.807, 2.05) is 0 Å². The molecule has 8 atom stereocenters. The van der Waals surface area contributed by atoms with E-state index in [1.54, 1.807) is 21.1 Å². The molecule has 2 unspecified atom stereocenters. The highest BCUT2D eigenvalue weighted by atomic mass is 19.1. The molecule has 4 aliphatic carbocycles. The van der Waals surface area contributed by atoms with Crippen LogP contribution in [-0.2, 0) is 19.0 Å². The van der Waals surface area contributed by atoms with E-state index in [-0.39, 0.29) is 41.5 Å². The normalized spacial score (nSPS) is 52.8. The summed E-state index contributed by atoms with van der Waals surface area (Å²) in [6.07, 6.45) is 5.85. The molecule has 4 saturated carbocycles. The van der Waals surface area contributed by atoms with Gasteiger partial charge in [-0.2, -0.15) is 0 Å². The summed E-state index contributed by atoms with van der Waals surface area (Å²) < 4.78 is 31.5. The van der Waals surface area contributed by atoms with E-state index >= 15 is 0 Å². The minimum atomic E-state index is -0.960. The standard InChI is InChI=1S/C21H33FO4/c1-13-18(23)19(2,11-22)10-16(26-12-24-3)21-9-14(21)5-7-20(13)8-6-15(25-4)17(20)21/h13-17H,5-12H2,1-4H3/t13-,14-,15+,16+,17?,19-,20?,21-/m0/s1. The molecule has 0 aromatic rings. The quantitative estimate of drug-likeness (QED) is 0.693. The van der Waals surface area contributed by atoms with Gasteiger partial charge in [-0.3, -0.25) is 9.18 Å². The molecule has 4 nitrogen and oxygen atoms in total. The second-order valence-corrected chi connectivity index (χ2v) is 9.62. The summed E-state index contributed by atoms with van der Waals surface area (Å²) in [5.41, 5.74) is -0.992. The van der Waals surface area contributed by atoms with Gasteiger partial charge in [-0.15, -0.1) is 0 Å². The first-order chi connectivity index (χ1) is 12.4. The molecule has 1 spiro atoms. The first kappa shape index (κ1) is 18.8. The zero-order valence-electron chi connectivity index (χ0n) is 16.6.